The molecule has 1 aromatic heterocycles. The van der Waals surface area contributed by atoms with Crippen molar-refractivity contribution < 1.29 is 14.3 Å². The Balaban J connectivity index is 1.69. The maximum Gasteiger partial charge on any atom is 0.275 e. The van der Waals surface area contributed by atoms with Crippen LogP contribution in [-0.4, -0.2) is 60.2 Å². The fraction of sp³-hybridized carbons (Fsp3) is 0.312. The molecule has 24 heavy (non-hydrogen) atoms. The van der Waals surface area contributed by atoms with Crippen molar-refractivity contribution in [3.8, 4) is 5.75 Å². The van der Waals surface area contributed by atoms with Crippen LogP contribution < -0.4 is 9.64 Å². The van der Waals surface area contributed by atoms with E-state index in [4.69, 9.17) is 4.74 Å². The second kappa shape index (κ2) is 6.56. The maximum atomic E-state index is 12.3. The molecule has 0 saturated carbocycles. The lowest BCUT2D eigenvalue weighted by molar-refractivity contribution is 0.0778. The van der Waals surface area contributed by atoms with Gasteiger partial charge in [-0.15, -0.1) is 0 Å². The zero-order valence-corrected chi connectivity index (χ0v) is 14.5. The standard InChI is InChI=1S/C16H18N4O3S/c1-19-9-20(2)15(22)13-14(19)18-16(17-13)24-8-12(21)10-4-6-11(23-3)7-5-10/h4-7H,8-9H2,1-3H3,(H,17,18). The zero-order valence-electron chi connectivity index (χ0n) is 13.7. The predicted octanol–water partition coefficient (Wildman–Crippen LogP) is 1.87. The number of hydrogen-bond donors (Lipinski definition) is 1. The van der Waals surface area contributed by atoms with Gasteiger partial charge >= 0.3 is 0 Å². The van der Waals surface area contributed by atoms with Crippen molar-refractivity contribution in [2.24, 2.45) is 0 Å². The number of ketones is 1. The Morgan fingerprint density at radius 3 is 2.67 bits per heavy atom. The summed E-state index contributed by atoms with van der Waals surface area (Å²) in [7, 11) is 5.20. The SMILES string of the molecule is COc1ccc(C(=O)CSc2nc3c([nH]2)C(=O)N(C)CN3C)cc1. The number of thioether (sulfide) groups is 1. The number of ether oxygens (including phenoxy) is 1. The number of benzene rings is 1. The van der Waals surface area contributed by atoms with Crippen LogP contribution in [0.5, 0.6) is 5.75 Å². The molecule has 3 rings (SSSR count). The van der Waals surface area contributed by atoms with E-state index in [-0.39, 0.29) is 17.4 Å². The molecule has 0 atom stereocenters. The van der Waals surface area contributed by atoms with Crippen LogP contribution in [0.4, 0.5) is 5.82 Å². The fourth-order valence-corrected chi connectivity index (χ4v) is 3.23. The average molecular weight is 346 g/mol. The normalized spacial score (nSPS) is 13.9. The molecule has 126 valence electrons. The first-order valence-electron chi connectivity index (χ1n) is 7.36. The number of fused-ring (bicyclic) bond motifs is 1. The summed E-state index contributed by atoms with van der Waals surface area (Å²) in [6, 6.07) is 6.99. The maximum absolute atomic E-state index is 12.3. The summed E-state index contributed by atoms with van der Waals surface area (Å²) in [5.41, 5.74) is 1.08. The first-order valence-corrected chi connectivity index (χ1v) is 8.35. The third kappa shape index (κ3) is 3.09. The number of amides is 1. The van der Waals surface area contributed by atoms with Gasteiger partial charge in [0.15, 0.2) is 16.8 Å². The molecule has 0 spiro atoms. The van der Waals surface area contributed by atoms with Gasteiger partial charge in [0.2, 0.25) is 0 Å². The van der Waals surface area contributed by atoms with Gasteiger partial charge in [-0.3, -0.25) is 9.59 Å². The number of carbonyl (C=O) groups excluding carboxylic acids is 2. The molecule has 0 saturated heterocycles. The van der Waals surface area contributed by atoms with E-state index in [0.717, 1.165) is 0 Å². The van der Waals surface area contributed by atoms with Gasteiger partial charge in [0.25, 0.3) is 5.91 Å². The lowest BCUT2D eigenvalue weighted by Gasteiger charge is -2.29. The number of imidazole rings is 1. The highest BCUT2D eigenvalue weighted by Crippen LogP contribution is 2.27. The van der Waals surface area contributed by atoms with Crippen molar-refractivity contribution in [3.63, 3.8) is 0 Å². The number of carbonyl (C=O) groups is 2. The zero-order chi connectivity index (χ0) is 17.3. The second-order valence-corrected chi connectivity index (χ2v) is 6.49. The van der Waals surface area contributed by atoms with Crippen molar-refractivity contribution in [1.29, 1.82) is 0 Å². The van der Waals surface area contributed by atoms with E-state index in [1.807, 2.05) is 11.9 Å². The monoisotopic (exact) mass is 346 g/mol. The number of Topliss-reactive ketones (excluding diaryl/α,β-unsaturated/α-hetero) is 1. The van der Waals surface area contributed by atoms with Crippen molar-refractivity contribution >= 4 is 29.3 Å². The summed E-state index contributed by atoms with van der Waals surface area (Å²) in [4.78, 5) is 35.3. The summed E-state index contributed by atoms with van der Waals surface area (Å²) >= 11 is 1.29. The van der Waals surface area contributed by atoms with E-state index < -0.39 is 0 Å². The Morgan fingerprint density at radius 1 is 1.29 bits per heavy atom. The van der Waals surface area contributed by atoms with Crippen LogP contribution in [0.15, 0.2) is 29.4 Å². The minimum atomic E-state index is -0.0936. The van der Waals surface area contributed by atoms with Gasteiger partial charge in [0.05, 0.1) is 19.5 Å². The largest absolute Gasteiger partial charge is 0.497 e. The third-order valence-electron chi connectivity index (χ3n) is 3.76. The van der Waals surface area contributed by atoms with Crippen LogP contribution in [0.3, 0.4) is 0 Å². The smallest absolute Gasteiger partial charge is 0.275 e. The van der Waals surface area contributed by atoms with E-state index in [2.05, 4.69) is 9.97 Å². The van der Waals surface area contributed by atoms with Gasteiger partial charge in [-0.25, -0.2) is 4.98 Å². The van der Waals surface area contributed by atoms with E-state index in [9.17, 15) is 9.59 Å². The van der Waals surface area contributed by atoms with Gasteiger partial charge in [0.1, 0.15) is 11.4 Å². The molecule has 0 aliphatic carbocycles. The fourth-order valence-electron chi connectivity index (χ4n) is 2.47. The molecule has 1 aliphatic rings. The molecule has 0 bridgehead atoms. The summed E-state index contributed by atoms with van der Waals surface area (Å²) in [5, 5.41) is 0.567. The molecular weight excluding hydrogens is 328 g/mol. The van der Waals surface area contributed by atoms with Crippen LogP contribution in [-0.2, 0) is 0 Å². The molecule has 0 radical (unpaired) electrons. The first kappa shape index (κ1) is 16.4. The van der Waals surface area contributed by atoms with Crippen LogP contribution in [0.1, 0.15) is 20.8 Å². The van der Waals surface area contributed by atoms with Crippen molar-refractivity contribution in [2.45, 2.75) is 5.16 Å². The average Bonchev–Trinajstić information content (AvgIpc) is 3.03. The quantitative estimate of drug-likeness (QED) is 0.658. The van der Waals surface area contributed by atoms with E-state index >= 15 is 0 Å². The van der Waals surface area contributed by atoms with Crippen molar-refractivity contribution in [3.05, 3.63) is 35.5 Å². The highest BCUT2D eigenvalue weighted by Gasteiger charge is 2.29. The second-order valence-electron chi connectivity index (χ2n) is 5.52. The number of nitrogens with zero attached hydrogens (tertiary/aromatic N) is 3. The molecule has 1 aliphatic heterocycles. The van der Waals surface area contributed by atoms with Crippen LogP contribution in [0, 0.1) is 0 Å². The highest BCUT2D eigenvalue weighted by atomic mass is 32.2. The Labute approximate surface area is 144 Å². The number of aromatic amines is 1. The number of methoxy groups -OCH3 is 1. The van der Waals surface area contributed by atoms with E-state index in [1.165, 1.54) is 11.8 Å². The van der Waals surface area contributed by atoms with Gasteiger partial charge < -0.3 is 19.5 Å². The molecule has 0 unspecified atom stereocenters. The van der Waals surface area contributed by atoms with Gasteiger partial charge in [0, 0.05) is 19.7 Å². The Bertz CT molecular complexity index is 772. The number of aromatic nitrogens is 2. The Morgan fingerprint density at radius 2 is 2.00 bits per heavy atom. The molecule has 2 heterocycles. The summed E-state index contributed by atoms with van der Waals surface area (Å²) in [6.07, 6.45) is 0. The number of H-pyrrole nitrogens is 1. The van der Waals surface area contributed by atoms with Crippen LogP contribution >= 0.6 is 11.8 Å². The lowest BCUT2D eigenvalue weighted by Crippen LogP contribution is -2.42. The first-order chi connectivity index (χ1) is 11.5. The minimum Gasteiger partial charge on any atom is -0.497 e. The molecule has 8 heteroatoms. The van der Waals surface area contributed by atoms with Gasteiger partial charge in [-0.05, 0) is 24.3 Å². The number of hydrogen-bond acceptors (Lipinski definition) is 6. The third-order valence-corrected chi connectivity index (χ3v) is 4.63. The Kier molecular flexibility index (Phi) is 4.48. The molecule has 0 fully saturated rings. The lowest BCUT2D eigenvalue weighted by atomic mass is 10.1. The van der Waals surface area contributed by atoms with Crippen molar-refractivity contribution in [2.75, 3.05) is 38.5 Å². The summed E-state index contributed by atoms with van der Waals surface area (Å²) in [5.74, 6) is 1.48. The molecular formula is C16H18N4O3S. The van der Waals surface area contributed by atoms with Crippen LogP contribution in [0.25, 0.3) is 0 Å². The number of nitrogens with one attached hydrogen (secondary N) is 1. The number of anilines is 1. The van der Waals surface area contributed by atoms with E-state index in [0.29, 0.717) is 34.6 Å². The molecule has 1 amide bonds. The molecule has 2 aromatic rings. The van der Waals surface area contributed by atoms with Crippen molar-refractivity contribution in [1.82, 2.24) is 14.9 Å². The number of rotatable bonds is 5. The van der Waals surface area contributed by atoms with Gasteiger partial charge in [-0.2, -0.15) is 0 Å². The van der Waals surface area contributed by atoms with Gasteiger partial charge in [-0.1, -0.05) is 11.8 Å². The minimum absolute atomic E-state index is 0.00572. The molecule has 7 nitrogen and oxygen atoms in total. The topological polar surface area (TPSA) is 78.5 Å². The highest BCUT2D eigenvalue weighted by molar-refractivity contribution is 7.99. The van der Waals surface area contributed by atoms with E-state index in [1.54, 1.807) is 43.3 Å². The van der Waals surface area contributed by atoms with Crippen LogP contribution in [0.2, 0.25) is 0 Å². The molecule has 1 aromatic carbocycles. The Hall–Kier alpha value is -2.48. The molecule has 1 N–H and O–H groups in total. The summed E-state index contributed by atoms with van der Waals surface area (Å²) in [6.45, 7) is 0.492. The summed E-state index contributed by atoms with van der Waals surface area (Å²) < 4.78 is 5.08. The predicted molar refractivity (Wildman–Crippen MR) is 92.0 cm³/mol.